The van der Waals surface area contributed by atoms with E-state index in [0.29, 0.717) is 32.4 Å². The van der Waals surface area contributed by atoms with Gasteiger partial charge in [0.2, 0.25) is 17.6 Å². The highest BCUT2D eigenvalue weighted by atomic mass is 16.5. The number of carbonyl (C=O) groups is 5. The zero-order valence-corrected chi connectivity index (χ0v) is 26.4. The first-order valence-electron chi connectivity index (χ1n) is 15.9. The molecule has 2 saturated carbocycles. The molecule has 5 N–H and O–H groups in total. The number of piperidine rings is 1. The lowest BCUT2D eigenvalue weighted by Crippen LogP contribution is -2.61. The molecule has 0 radical (unpaired) electrons. The average molecular weight is 610 g/mol. The molecular weight excluding hydrogens is 562 g/mol. The summed E-state index contributed by atoms with van der Waals surface area (Å²) < 4.78 is 5.29. The standard InChI is InChI=1S/C33H47N5O6/c1-17(2)24(16-44-5)36-32(43)37-26(21-13-19-8-6-7-9-20(19)14-21)31(42)38-15-22-25(33(22,3)4)27(38)30(41)35-23(12-18-10-11-18)28(39)29(34)40/h6-9,17-18,21-27H,10-16H2,1-5H3,(H2,34,40)(H,35,41)(H2,36,37,43)/t22-,23?,24+,25-,26-,27-/m0/s1. The van der Waals surface area contributed by atoms with Crippen molar-refractivity contribution in [1.29, 1.82) is 0 Å². The largest absolute Gasteiger partial charge is 0.383 e. The molecule has 1 aliphatic heterocycles. The summed E-state index contributed by atoms with van der Waals surface area (Å²) in [6, 6.07) is 4.62. The van der Waals surface area contributed by atoms with Gasteiger partial charge in [-0.25, -0.2) is 4.79 Å². The number of likely N-dealkylation sites (tertiary alicyclic amines) is 1. The van der Waals surface area contributed by atoms with Gasteiger partial charge in [0, 0.05) is 13.7 Å². The molecule has 3 aliphatic carbocycles. The van der Waals surface area contributed by atoms with Gasteiger partial charge in [-0.2, -0.15) is 0 Å². The Hall–Kier alpha value is -3.47. The molecule has 240 valence electrons. The van der Waals surface area contributed by atoms with Gasteiger partial charge in [-0.3, -0.25) is 19.2 Å². The van der Waals surface area contributed by atoms with Crippen molar-refractivity contribution >= 4 is 29.5 Å². The molecule has 1 unspecified atom stereocenters. The van der Waals surface area contributed by atoms with Crippen LogP contribution < -0.4 is 21.7 Å². The second-order valence-electron chi connectivity index (χ2n) is 14.2. The molecule has 3 fully saturated rings. The predicted octanol–water partition coefficient (Wildman–Crippen LogP) is 1.56. The van der Waals surface area contributed by atoms with Crippen molar-refractivity contribution in [2.45, 2.75) is 84.0 Å². The summed E-state index contributed by atoms with van der Waals surface area (Å²) in [5.74, 6) is -2.47. The molecule has 6 atom stereocenters. The third-order valence-electron chi connectivity index (χ3n) is 10.5. The molecule has 0 aromatic heterocycles. The molecule has 0 spiro atoms. The highest BCUT2D eigenvalue weighted by Gasteiger charge is 2.69. The summed E-state index contributed by atoms with van der Waals surface area (Å²) in [6.45, 7) is 8.85. The number of methoxy groups -OCH3 is 1. The summed E-state index contributed by atoms with van der Waals surface area (Å²) in [4.78, 5) is 67.9. The number of Topliss-reactive ketones (excluding diaryl/α,β-unsaturated/α-hetero) is 1. The van der Waals surface area contributed by atoms with Crippen molar-refractivity contribution in [3.63, 3.8) is 0 Å². The SMILES string of the molecule is COC[C@@H](NC(=O)N[C@H](C(=O)N1C[C@H]2[C@@H]([C@H]1C(=O)NC(CC1CC1)C(=O)C(N)=O)C2(C)C)C1Cc2ccccc2C1)C(C)C. The number of nitrogens with two attached hydrogens (primary N) is 1. The van der Waals surface area contributed by atoms with E-state index in [0.717, 1.165) is 24.0 Å². The monoisotopic (exact) mass is 609 g/mol. The van der Waals surface area contributed by atoms with E-state index in [9.17, 15) is 24.0 Å². The van der Waals surface area contributed by atoms with Crippen molar-refractivity contribution in [3.05, 3.63) is 35.4 Å². The molecular formula is C33H47N5O6. The highest BCUT2D eigenvalue weighted by molar-refractivity contribution is 6.37. The van der Waals surface area contributed by atoms with E-state index >= 15 is 0 Å². The first-order chi connectivity index (χ1) is 20.8. The first-order valence-corrected chi connectivity index (χ1v) is 15.9. The number of nitrogens with one attached hydrogen (secondary N) is 3. The Morgan fingerprint density at radius 3 is 2.20 bits per heavy atom. The quantitative estimate of drug-likeness (QED) is 0.248. The van der Waals surface area contributed by atoms with Crippen molar-refractivity contribution in [1.82, 2.24) is 20.9 Å². The lowest BCUT2D eigenvalue weighted by atomic mass is 9.93. The van der Waals surface area contributed by atoms with Crippen molar-refractivity contribution in [2.75, 3.05) is 20.3 Å². The molecule has 1 saturated heterocycles. The third kappa shape index (κ3) is 6.48. The molecule has 5 rings (SSSR count). The van der Waals surface area contributed by atoms with Crippen LogP contribution in [0.5, 0.6) is 0 Å². The summed E-state index contributed by atoms with van der Waals surface area (Å²) in [5.41, 5.74) is 7.45. The van der Waals surface area contributed by atoms with Gasteiger partial charge in [0.15, 0.2) is 0 Å². The number of primary amides is 1. The summed E-state index contributed by atoms with van der Waals surface area (Å²) in [5, 5.41) is 8.77. The number of urea groups is 1. The van der Waals surface area contributed by atoms with E-state index < -0.39 is 41.8 Å². The predicted molar refractivity (Wildman–Crippen MR) is 163 cm³/mol. The van der Waals surface area contributed by atoms with Gasteiger partial charge in [0.05, 0.1) is 18.7 Å². The van der Waals surface area contributed by atoms with Crippen LogP contribution in [0.25, 0.3) is 0 Å². The molecule has 44 heavy (non-hydrogen) atoms. The van der Waals surface area contributed by atoms with E-state index in [1.165, 1.54) is 0 Å². The lowest BCUT2D eigenvalue weighted by Gasteiger charge is -2.35. The minimum Gasteiger partial charge on any atom is -0.383 e. The Kier molecular flexibility index (Phi) is 9.07. The van der Waals surface area contributed by atoms with Crippen molar-refractivity contribution in [3.8, 4) is 0 Å². The summed E-state index contributed by atoms with van der Waals surface area (Å²) in [6.07, 6.45) is 3.47. The Morgan fingerprint density at radius 1 is 1.02 bits per heavy atom. The lowest BCUT2D eigenvalue weighted by molar-refractivity contribution is -0.144. The topological polar surface area (TPSA) is 160 Å². The fourth-order valence-corrected chi connectivity index (χ4v) is 7.48. The Labute approximate surface area is 259 Å². The maximum atomic E-state index is 14.5. The van der Waals surface area contributed by atoms with Crippen LogP contribution in [0.1, 0.15) is 58.1 Å². The van der Waals surface area contributed by atoms with E-state index in [-0.39, 0.29) is 47.0 Å². The molecule has 1 heterocycles. The third-order valence-corrected chi connectivity index (χ3v) is 10.5. The van der Waals surface area contributed by atoms with Gasteiger partial charge in [0.1, 0.15) is 12.1 Å². The number of amides is 5. The van der Waals surface area contributed by atoms with Crippen LogP contribution in [0.3, 0.4) is 0 Å². The Morgan fingerprint density at radius 2 is 1.66 bits per heavy atom. The van der Waals surface area contributed by atoms with E-state index in [4.69, 9.17) is 10.5 Å². The normalized spacial score (nSPS) is 25.4. The fourth-order valence-electron chi connectivity index (χ4n) is 7.48. The van der Waals surface area contributed by atoms with Crippen LogP contribution in [0.2, 0.25) is 0 Å². The maximum absolute atomic E-state index is 14.5. The van der Waals surface area contributed by atoms with Crippen LogP contribution >= 0.6 is 0 Å². The summed E-state index contributed by atoms with van der Waals surface area (Å²) in [7, 11) is 1.58. The van der Waals surface area contributed by atoms with Gasteiger partial charge in [-0.05, 0) is 65.4 Å². The number of ketones is 1. The molecule has 11 nitrogen and oxygen atoms in total. The van der Waals surface area contributed by atoms with Crippen LogP contribution in [-0.4, -0.2) is 78.9 Å². The zero-order valence-electron chi connectivity index (χ0n) is 26.4. The number of benzene rings is 1. The van der Waals surface area contributed by atoms with Crippen LogP contribution in [0.4, 0.5) is 4.79 Å². The van der Waals surface area contributed by atoms with Gasteiger partial charge in [-0.1, -0.05) is 64.8 Å². The smallest absolute Gasteiger partial charge is 0.315 e. The Bertz CT molecular complexity index is 1280. The van der Waals surface area contributed by atoms with Gasteiger partial charge >= 0.3 is 6.03 Å². The number of hydrogen-bond donors (Lipinski definition) is 4. The van der Waals surface area contributed by atoms with Crippen LogP contribution in [-0.2, 0) is 36.8 Å². The minimum absolute atomic E-state index is 0.0982. The summed E-state index contributed by atoms with van der Waals surface area (Å²) >= 11 is 0. The number of ether oxygens (including phenoxy) is 1. The number of carbonyl (C=O) groups excluding carboxylic acids is 5. The molecule has 1 aromatic carbocycles. The van der Waals surface area contributed by atoms with Crippen molar-refractivity contribution < 1.29 is 28.7 Å². The van der Waals surface area contributed by atoms with Gasteiger partial charge in [0.25, 0.3) is 5.91 Å². The number of nitrogens with zero attached hydrogens (tertiary/aromatic N) is 1. The molecule has 11 heteroatoms. The molecule has 5 amide bonds. The van der Waals surface area contributed by atoms with Crippen LogP contribution in [0, 0.1) is 35.0 Å². The molecule has 1 aromatic rings. The second kappa shape index (κ2) is 12.5. The zero-order chi connectivity index (χ0) is 31.9. The van der Waals surface area contributed by atoms with E-state index in [1.807, 2.05) is 38.1 Å². The van der Waals surface area contributed by atoms with Crippen LogP contribution in [0.15, 0.2) is 24.3 Å². The number of rotatable bonds is 13. The van der Waals surface area contributed by atoms with E-state index in [2.05, 4.69) is 29.8 Å². The highest BCUT2D eigenvalue weighted by Crippen LogP contribution is 2.65. The number of fused-ring (bicyclic) bond motifs is 2. The fraction of sp³-hybridized carbons (Fsp3) is 0.667. The van der Waals surface area contributed by atoms with E-state index in [1.54, 1.807) is 12.0 Å². The van der Waals surface area contributed by atoms with Crippen molar-refractivity contribution in [2.24, 2.45) is 40.7 Å². The maximum Gasteiger partial charge on any atom is 0.315 e. The molecule has 4 aliphatic rings. The molecule has 0 bridgehead atoms. The Balaban J connectivity index is 1.39. The number of hydrogen-bond acceptors (Lipinski definition) is 6. The minimum atomic E-state index is -1.08. The van der Waals surface area contributed by atoms with Gasteiger partial charge in [-0.15, -0.1) is 0 Å². The second-order valence-corrected chi connectivity index (χ2v) is 14.2. The first kappa shape index (κ1) is 31.9. The average Bonchev–Trinajstić information content (AvgIpc) is 3.72. The van der Waals surface area contributed by atoms with Gasteiger partial charge < -0.3 is 31.3 Å².